The van der Waals surface area contributed by atoms with E-state index in [2.05, 4.69) is 10.1 Å². The van der Waals surface area contributed by atoms with Crippen LogP contribution in [0.4, 0.5) is 0 Å². The summed E-state index contributed by atoms with van der Waals surface area (Å²) in [6.07, 6.45) is 3.30. The van der Waals surface area contributed by atoms with Crippen molar-refractivity contribution in [2.24, 2.45) is 5.16 Å². The van der Waals surface area contributed by atoms with E-state index >= 15 is 0 Å². The van der Waals surface area contributed by atoms with Crippen molar-refractivity contribution in [3.8, 4) is 11.3 Å². The summed E-state index contributed by atoms with van der Waals surface area (Å²) in [5.74, 6) is 0. The molecule has 0 saturated carbocycles. The molecule has 0 spiro atoms. The van der Waals surface area contributed by atoms with E-state index in [-0.39, 0.29) is 0 Å². The highest BCUT2D eigenvalue weighted by molar-refractivity contribution is 6.30. The van der Waals surface area contributed by atoms with Gasteiger partial charge in [-0.15, -0.1) is 0 Å². The zero-order valence-electron chi connectivity index (χ0n) is 10.8. The van der Waals surface area contributed by atoms with Gasteiger partial charge in [0.1, 0.15) is 5.65 Å². The first-order valence-electron chi connectivity index (χ1n) is 6.11. The first-order valence-corrected chi connectivity index (χ1v) is 6.49. The van der Waals surface area contributed by atoms with Crippen LogP contribution in [0.2, 0.25) is 5.02 Å². The number of hydrogen-bond acceptors (Lipinski definition) is 3. The highest BCUT2D eigenvalue weighted by Gasteiger charge is 2.12. The quantitative estimate of drug-likeness (QED) is 0.443. The Morgan fingerprint density at radius 2 is 2.00 bits per heavy atom. The molecular weight excluding hydrogens is 274 g/mol. The standard InChI is InChI=1S/C15H12ClN3O/c1-10-6-7-19-13(9-17-20)15(18-14(19)8-10)11-2-4-12(16)5-3-11/h2-9,20H,1H3. The maximum atomic E-state index is 8.87. The van der Waals surface area contributed by atoms with E-state index in [1.807, 2.05) is 53.9 Å². The molecule has 1 N–H and O–H groups in total. The Bertz CT molecular complexity index is 791. The molecule has 2 aromatic heterocycles. The van der Waals surface area contributed by atoms with Crippen LogP contribution in [0.3, 0.4) is 0 Å². The SMILES string of the molecule is Cc1ccn2c(C=NO)c(-c3ccc(Cl)cc3)nc2c1. The lowest BCUT2D eigenvalue weighted by Gasteiger charge is -2.00. The fourth-order valence-corrected chi connectivity index (χ4v) is 2.29. The summed E-state index contributed by atoms with van der Waals surface area (Å²) in [6.45, 7) is 2.01. The minimum atomic E-state index is 0.672. The van der Waals surface area contributed by atoms with Gasteiger partial charge in [0.15, 0.2) is 0 Å². The summed E-state index contributed by atoms with van der Waals surface area (Å²) < 4.78 is 1.89. The van der Waals surface area contributed by atoms with E-state index in [9.17, 15) is 0 Å². The monoisotopic (exact) mass is 285 g/mol. The van der Waals surface area contributed by atoms with E-state index in [0.717, 1.165) is 28.2 Å². The molecule has 0 radical (unpaired) electrons. The Balaban J connectivity index is 2.28. The molecule has 0 aliphatic carbocycles. The van der Waals surface area contributed by atoms with Crippen molar-refractivity contribution < 1.29 is 5.21 Å². The van der Waals surface area contributed by atoms with Crippen LogP contribution >= 0.6 is 11.6 Å². The molecule has 0 bridgehead atoms. The van der Waals surface area contributed by atoms with E-state index in [1.165, 1.54) is 6.21 Å². The van der Waals surface area contributed by atoms with Crippen LogP contribution in [0.25, 0.3) is 16.9 Å². The minimum Gasteiger partial charge on any atom is -0.411 e. The first-order chi connectivity index (χ1) is 9.69. The number of hydrogen-bond donors (Lipinski definition) is 1. The molecule has 1 aromatic carbocycles. The molecule has 100 valence electrons. The number of aromatic nitrogens is 2. The van der Waals surface area contributed by atoms with E-state index < -0.39 is 0 Å². The average Bonchev–Trinajstić information content (AvgIpc) is 2.78. The molecule has 2 heterocycles. The number of pyridine rings is 1. The molecule has 5 heteroatoms. The Kier molecular flexibility index (Phi) is 3.16. The van der Waals surface area contributed by atoms with Crippen molar-refractivity contribution in [1.82, 2.24) is 9.38 Å². The smallest absolute Gasteiger partial charge is 0.138 e. The molecule has 0 unspecified atom stereocenters. The lowest BCUT2D eigenvalue weighted by molar-refractivity contribution is 0.321. The predicted octanol–water partition coefficient (Wildman–Crippen LogP) is 3.77. The predicted molar refractivity (Wildman–Crippen MR) is 79.8 cm³/mol. The first kappa shape index (κ1) is 12.7. The molecule has 0 saturated heterocycles. The van der Waals surface area contributed by atoms with Gasteiger partial charge in [-0.05, 0) is 36.8 Å². The van der Waals surface area contributed by atoms with Crippen LogP contribution < -0.4 is 0 Å². The van der Waals surface area contributed by atoms with Gasteiger partial charge in [0.25, 0.3) is 0 Å². The Hall–Kier alpha value is -2.33. The summed E-state index contributed by atoms with van der Waals surface area (Å²) in [6, 6.07) is 11.4. The van der Waals surface area contributed by atoms with E-state index in [4.69, 9.17) is 16.8 Å². The van der Waals surface area contributed by atoms with E-state index in [0.29, 0.717) is 5.02 Å². The van der Waals surface area contributed by atoms with Gasteiger partial charge in [-0.2, -0.15) is 0 Å². The molecule has 3 aromatic rings. The average molecular weight is 286 g/mol. The van der Waals surface area contributed by atoms with Crippen molar-refractivity contribution >= 4 is 23.5 Å². The second-order valence-corrected chi connectivity index (χ2v) is 4.97. The molecule has 0 aliphatic heterocycles. The second-order valence-electron chi connectivity index (χ2n) is 4.53. The molecule has 0 atom stereocenters. The van der Waals surface area contributed by atoms with Gasteiger partial charge in [0.2, 0.25) is 0 Å². The molecule has 0 amide bonds. The number of benzene rings is 1. The molecule has 0 fully saturated rings. The summed E-state index contributed by atoms with van der Waals surface area (Å²) in [4.78, 5) is 4.61. The van der Waals surface area contributed by atoms with Crippen molar-refractivity contribution in [1.29, 1.82) is 0 Å². The fraction of sp³-hybridized carbons (Fsp3) is 0.0667. The number of fused-ring (bicyclic) bond motifs is 1. The van der Waals surface area contributed by atoms with Crippen molar-refractivity contribution in [2.45, 2.75) is 6.92 Å². The number of halogens is 1. The normalized spacial score (nSPS) is 11.5. The van der Waals surface area contributed by atoms with Crippen molar-refractivity contribution in [3.63, 3.8) is 0 Å². The zero-order chi connectivity index (χ0) is 14.1. The zero-order valence-corrected chi connectivity index (χ0v) is 11.5. The number of imidazole rings is 1. The van der Waals surface area contributed by atoms with Gasteiger partial charge >= 0.3 is 0 Å². The molecule has 20 heavy (non-hydrogen) atoms. The highest BCUT2D eigenvalue weighted by atomic mass is 35.5. The lowest BCUT2D eigenvalue weighted by Crippen LogP contribution is -1.93. The highest BCUT2D eigenvalue weighted by Crippen LogP contribution is 2.25. The number of oxime groups is 1. The third kappa shape index (κ3) is 2.14. The van der Waals surface area contributed by atoms with Crippen molar-refractivity contribution in [3.05, 3.63) is 58.9 Å². The summed E-state index contributed by atoms with van der Waals surface area (Å²) in [5.41, 5.74) is 4.34. The van der Waals surface area contributed by atoms with Crippen molar-refractivity contribution in [2.75, 3.05) is 0 Å². The lowest BCUT2D eigenvalue weighted by atomic mass is 10.1. The van der Waals surface area contributed by atoms with Gasteiger partial charge in [-0.3, -0.25) is 4.40 Å². The molecular formula is C15H12ClN3O. The van der Waals surface area contributed by atoms with Crippen LogP contribution in [0.5, 0.6) is 0 Å². The van der Waals surface area contributed by atoms with E-state index in [1.54, 1.807) is 0 Å². The number of aryl methyl sites for hydroxylation is 1. The maximum absolute atomic E-state index is 8.87. The van der Waals surface area contributed by atoms with Crippen LogP contribution in [-0.4, -0.2) is 20.8 Å². The second kappa shape index (κ2) is 4.98. The van der Waals surface area contributed by atoms with Crippen LogP contribution in [0.1, 0.15) is 11.3 Å². The Labute approximate surface area is 121 Å². The van der Waals surface area contributed by atoms with Gasteiger partial charge in [-0.25, -0.2) is 4.98 Å². The third-order valence-corrected chi connectivity index (χ3v) is 3.37. The van der Waals surface area contributed by atoms with Gasteiger partial charge in [0.05, 0.1) is 17.6 Å². The van der Waals surface area contributed by atoms with Gasteiger partial charge in [0, 0.05) is 16.8 Å². The van der Waals surface area contributed by atoms with Crippen LogP contribution in [0, 0.1) is 6.92 Å². The van der Waals surface area contributed by atoms with Crippen LogP contribution in [0.15, 0.2) is 47.8 Å². The minimum absolute atomic E-state index is 0.672. The molecule has 4 nitrogen and oxygen atoms in total. The van der Waals surface area contributed by atoms with Crippen LogP contribution in [-0.2, 0) is 0 Å². The van der Waals surface area contributed by atoms with Gasteiger partial charge in [-0.1, -0.05) is 28.9 Å². The Morgan fingerprint density at radius 3 is 2.70 bits per heavy atom. The topological polar surface area (TPSA) is 49.9 Å². The molecule has 3 rings (SSSR count). The Morgan fingerprint density at radius 1 is 1.25 bits per heavy atom. The summed E-state index contributed by atoms with van der Waals surface area (Å²) in [5, 5.41) is 12.7. The maximum Gasteiger partial charge on any atom is 0.138 e. The largest absolute Gasteiger partial charge is 0.411 e. The molecule has 0 aliphatic rings. The summed E-state index contributed by atoms with van der Waals surface area (Å²) in [7, 11) is 0. The number of rotatable bonds is 2. The van der Waals surface area contributed by atoms with Gasteiger partial charge < -0.3 is 5.21 Å². The fourth-order valence-electron chi connectivity index (χ4n) is 2.16. The number of nitrogens with zero attached hydrogens (tertiary/aromatic N) is 3. The third-order valence-electron chi connectivity index (χ3n) is 3.12. The summed E-state index contributed by atoms with van der Waals surface area (Å²) >= 11 is 5.91.